The van der Waals surface area contributed by atoms with Gasteiger partial charge in [0.15, 0.2) is 0 Å². The highest BCUT2D eigenvalue weighted by atomic mass is 79.9. The van der Waals surface area contributed by atoms with Crippen LogP contribution in [-0.4, -0.2) is 25.6 Å². The van der Waals surface area contributed by atoms with Crippen LogP contribution in [0.2, 0.25) is 0 Å². The number of amides is 1. The summed E-state index contributed by atoms with van der Waals surface area (Å²) in [5, 5.41) is 6.11. The molecule has 0 fully saturated rings. The van der Waals surface area contributed by atoms with Gasteiger partial charge >= 0.3 is 0 Å². The normalized spacial score (nSPS) is 10.5. The van der Waals surface area contributed by atoms with Gasteiger partial charge in [-0.2, -0.15) is 0 Å². The molecule has 0 unspecified atom stereocenters. The summed E-state index contributed by atoms with van der Waals surface area (Å²) in [4.78, 5) is 11.4. The molecule has 2 N–H and O–H groups in total. The van der Waals surface area contributed by atoms with Gasteiger partial charge in [-0.1, -0.05) is 6.92 Å². The van der Waals surface area contributed by atoms with Crippen LogP contribution in [0, 0.1) is 0 Å². The molecule has 4 nitrogen and oxygen atoms in total. The van der Waals surface area contributed by atoms with Crippen molar-refractivity contribution in [3.63, 3.8) is 0 Å². The zero-order valence-electron chi connectivity index (χ0n) is 12.5. The highest BCUT2D eigenvalue weighted by Gasteiger charge is 2.10. The van der Waals surface area contributed by atoms with Gasteiger partial charge in [-0.05, 0) is 69.4 Å². The molecule has 0 heterocycles. The molecule has 0 aliphatic heterocycles. The zero-order valence-corrected chi connectivity index (χ0v) is 15.6. The molecule has 0 aliphatic carbocycles. The van der Waals surface area contributed by atoms with Crippen LogP contribution in [-0.2, 0) is 11.3 Å². The fraction of sp³-hybridized carbons (Fsp3) is 0.533. The van der Waals surface area contributed by atoms with E-state index in [9.17, 15) is 4.79 Å². The van der Waals surface area contributed by atoms with E-state index in [0.717, 1.165) is 34.2 Å². The van der Waals surface area contributed by atoms with E-state index in [0.29, 0.717) is 19.6 Å². The van der Waals surface area contributed by atoms with Gasteiger partial charge in [-0.15, -0.1) is 0 Å². The number of ether oxygens (including phenoxy) is 1. The van der Waals surface area contributed by atoms with E-state index < -0.39 is 0 Å². The summed E-state index contributed by atoms with van der Waals surface area (Å²) in [6.45, 7) is 6.87. The Balaban J connectivity index is 2.56. The van der Waals surface area contributed by atoms with E-state index in [1.165, 1.54) is 5.56 Å². The maximum absolute atomic E-state index is 11.4. The number of halogens is 2. The van der Waals surface area contributed by atoms with Crippen LogP contribution in [0.25, 0.3) is 0 Å². The van der Waals surface area contributed by atoms with Crippen molar-refractivity contribution in [1.82, 2.24) is 10.6 Å². The molecule has 0 radical (unpaired) electrons. The van der Waals surface area contributed by atoms with Crippen LogP contribution in [0.1, 0.15) is 32.3 Å². The molecule has 0 aliphatic rings. The Morgan fingerprint density at radius 2 is 1.90 bits per heavy atom. The van der Waals surface area contributed by atoms with Gasteiger partial charge in [0, 0.05) is 13.1 Å². The van der Waals surface area contributed by atoms with Crippen molar-refractivity contribution in [1.29, 1.82) is 0 Å². The molecular weight excluding hydrogens is 400 g/mol. The van der Waals surface area contributed by atoms with Gasteiger partial charge in [0.1, 0.15) is 5.75 Å². The third kappa shape index (κ3) is 6.80. The molecule has 0 aromatic heterocycles. The van der Waals surface area contributed by atoms with Crippen LogP contribution < -0.4 is 15.4 Å². The summed E-state index contributed by atoms with van der Waals surface area (Å²) in [7, 11) is 0. The molecule has 0 saturated carbocycles. The topological polar surface area (TPSA) is 50.4 Å². The molecule has 21 heavy (non-hydrogen) atoms. The molecule has 1 amide bonds. The van der Waals surface area contributed by atoms with Crippen LogP contribution >= 0.6 is 31.9 Å². The highest BCUT2D eigenvalue weighted by Crippen LogP contribution is 2.34. The summed E-state index contributed by atoms with van der Waals surface area (Å²) in [5.41, 5.74) is 1.18. The first-order valence-electron chi connectivity index (χ1n) is 7.16. The number of hydrogen-bond donors (Lipinski definition) is 2. The van der Waals surface area contributed by atoms with Crippen molar-refractivity contribution in [3.05, 3.63) is 26.6 Å². The maximum atomic E-state index is 11.4. The number of hydrogen-bond acceptors (Lipinski definition) is 3. The highest BCUT2D eigenvalue weighted by molar-refractivity contribution is 9.11. The Kier molecular flexibility index (Phi) is 8.96. The Morgan fingerprint density at radius 1 is 1.24 bits per heavy atom. The molecule has 1 aromatic carbocycles. The van der Waals surface area contributed by atoms with E-state index in [2.05, 4.69) is 49.4 Å². The fourth-order valence-corrected chi connectivity index (χ4v) is 3.30. The molecular formula is C15H22Br2N2O2. The Labute approximate surface area is 143 Å². The van der Waals surface area contributed by atoms with Gasteiger partial charge in [0.2, 0.25) is 5.91 Å². The fourth-order valence-electron chi connectivity index (χ4n) is 1.79. The van der Waals surface area contributed by atoms with Crippen molar-refractivity contribution in [3.8, 4) is 5.75 Å². The Hall–Kier alpha value is -0.590. The zero-order chi connectivity index (χ0) is 15.7. The molecule has 0 saturated heterocycles. The third-order valence-corrected chi connectivity index (χ3v) is 3.94. The lowest BCUT2D eigenvalue weighted by Crippen LogP contribution is -2.24. The second-order valence-electron chi connectivity index (χ2n) is 4.62. The first-order valence-corrected chi connectivity index (χ1v) is 8.75. The molecule has 0 spiro atoms. The SMILES string of the molecule is CCCNCc1cc(Br)c(OCCC(=O)NCC)c(Br)c1. The summed E-state index contributed by atoms with van der Waals surface area (Å²) in [6.07, 6.45) is 1.47. The van der Waals surface area contributed by atoms with Gasteiger partial charge in [-0.25, -0.2) is 0 Å². The number of carbonyl (C=O) groups is 1. The average Bonchev–Trinajstić information content (AvgIpc) is 2.42. The van der Waals surface area contributed by atoms with Crippen LogP contribution in [0.15, 0.2) is 21.1 Å². The Bertz CT molecular complexity index is 444. The monoisotopic (exact) mass is 420 g/mol. The van der Waals surface area contributed by atoms with E-state index in [-0.39, 0.29) is 5.91 Å². The minimum Gasteiger partial charge on any atom is -0.491 e. The summed E-state index contributed by atoms with van der Waals surface area (Å²) < 4.78 is 7.47. The van der Waals surface area contributed by atoms with Crippen molar-refractivity contribution >= 4 is 37.8 Å². The van der Waals surface area contributed by atoms with Gasteiger partial charge < -0.3 is 15.4 Å². The lowest BCUT2D eigenvalue weighted by Gasteiger charge is -2.12. The smallest absolute Gasteiger partial charge is 0.223 e. The number of rotatable bonds is 9. The molecule has 1 aromatic rings. The van der Waals surface area contributed by atoms with E-state index in [1.54, 1.807) is 0 Å². The van der Waals surface area contributed by atoms with Gasteiger partial charge in [0.05, 0.1) is 22.0 Å². The van der Waals surface area contributed by atoms with Crippen LogP contribution in [0.4, 0.5) is 0 Å². The van der Waals surface area contributed by atoms with Crippen molar-refractivity contribution in [2.45, 2.75) is 33.2 Å². The standard InChI is InChI=1S/C15H22Br2N2O2/c1-3-6-18-10-11-8-12(16)15(13(17)9-11)21-7-5-14(20)19-4-2/h8-9,18H,3-7,10H2,1-2H3,(H,19,20). The van der Waals surface area contributed by atoms with E-state index >= 15 is 0 Å². The van der Waals surface area contributed by atoms with Crippen molar-refractivity contribution < 1.29 is 9.53 Å². The lowest BCUT2D eigenvalue weighted by molar-refractivity contribution is -0.121. The second kappa shape index (κ2) is 10.2. The molecule has 0 atom stereocenters. The van der Waals surface area contributed by atoms with Crippen LogP contribution in [0.3, 0.4) is 0 Å². The lowest BCUT2D eigenvalue weighted by atomic mass is 10.2. The third-order valence-electron chi connectivity index (χ3n) is 2.76. The Morgan fingerprint density at radius 3 is 2.48 bits per heavy atom. The average molecular weight is 422 g/mol. The number of nitrogens with one attached hydrogen (secondary N) is 2. The van der Waals surface area contributed by atoms with E-state index in [4.69, 9.17) is 4.74 Å². The largest absolute Gasteiger partial charge is 0.491 e. The quantitative estimate of drug-likeness (QED) is 0.598. The minimum atomic E-state index is 0.00475. The van der Waals surface area contributed by atoms with Gasteiger partial charge in [0.25, 0.3) is 0 Å². The first kappa shape index (κ1) is 18.5. The molecule has 6 heteroatoms. The molecule has 0 bridgehead atoms. The number of carbonyl (C=O) groups excluding carboxylic acids is 1. The first-order chi connectivity index (χ1) is 10.1. The van der Waals surface area contributed by atoms with Crippen molar-refractivity contribution in [2.24, 2.45) is 0 Å². The van der Waals surface area contributed by atoms with Crippen molar-refractivity contribution in [2.75, 3.05) is 19.7 Å². The molecule has 118 valence electrons. The molecule has 1 rings (SSSR count). The predicted molar refractivity (Wildman–Crippen MR) is 92.6 cm³/mol. The maximum Gasteiger partial charge on any atom is 0.223 e. The second-order valence-corrected chi connectivity index (χ2v) is 6.33. The predicted octanol–water partition coefficient (Wildman–Crippen LogP) is 3.62. The number of benzene rings is 1. The van der Waals surface area contributed by atoms with E-state index in [1.807, 2.05) is 19.1 Å². The summed E-state index contributed by atoms with van der Waals surface area (Å²) >= 11 is 7.04. The summed E-state index contributed by atoms with van der Waals surface area (Å²) in [5.74, 6) is 0.740. The van der Waals surface area contributed by atoms with Gasteiger partial charge in [-0.3, -0.25) is 4.79 Å². The minimum absolute atomic E-state index is 0.00475. The summed E-state index contributed by atoms with van der Waals surface area (Å²) in [6, 6.07) is 4.07. The van der Waals surface area contributed by atoms with Crippen LogP contribution in [0.5, 0.6) is 5.75 Å².